The van der Waals surface area contributed by atoms with Gasteiger partial charge < -0.3 is 9.29 Å². The van der Waals surface area contributed by atoms with Gasteiger partial charge in [-0.1, -0.05) is 11.1 Å². The number of ether oxygens (including phenoxy) is 1. The molecule has 1 saturated heterocycles. The summed E-state index contributed by atoms with van der Waals surface area (Å²) in [5, 5.41) is 0. The Kier molecular flexibility index (Phi) is 6.39. The van der Waals surface area contributed by atoms with Crippen LogP contribution in [0.5, 0.6) is 0 Å². The molecule has 2 unspecified atom stereocenters. The van der Waals surface area contributed by atoms with Crippen molar-refractivity contribution in [2.75, 3.05) is 12.4 Å². The van der Waals surface area contributed by atoms with E-state index in [-0.39, 0.29) is 47.2 Å². The van der Waals surface area contributed by atoms with E-state index in [0.717, 1.165) is 0 Å². The second kappa shape index (κ2) is 6.10. The van der Waals surface area contributed by atoms with E-state index in [9.17, 15) is 13.6 Å². The number of rotatable bonds is 3. The standard InChI is InChI=1S/C6H10O4S.Na/c7-6-5(1-3-10-6)2-4-11(8)9;/h5H,1-4H2,(H,8,9);/q;+1/p-1. The molecule has 1 fully saturated rings. The Balaban J connectivity index is 0.00000121. The number of carbonyl (C=O) groups is 1. The van der Waals surface area contributed by atoms with E-state index >= 15 is 0 Å². The molecule has 0 radical (unpaired) electrons. The molecular formula is C6H9NaO4S. The number of carbonyl (C=O) groups excluding carboxylic acids is 1. The summed E-state index contributed by atoms with van der Waals surface area (Å²) in [4.78, 5) is 10.8. The Morgan fingerprint density at radius 3 is 2.75 bits per heavy atom. The molecule has 0 saturated carbocycles. The maximum Gasteiger partial charge on any atom is 1.00 e. The van der Waals surface area contributed by atoms with Gasteiger partial charge in [0.15, 0.2) is 0 Å². The molecule has 0 amide bonds. The number of esters is 1. The zero-order chi connectivity index (χ0) is 8.27. The van der Waals surface area contributed by atoms with E-state index in [1.54, 1.807) is 0 Å². The first kappa shape index (κ1) is 12.6. The third-order valence-corrected chi connectivity index (χ3v) is 2.25. The van der Waals surface area contributed by atoms with Crippen molar-refractivity contribution in [2.45, 2.75) is 12.8 Å². The van der Waals surface area contributed by atoms with Gasteiger partial charge in [-0.25, -0.2) is 0 Å². The molecule has 12 heavy (non-hydrogen) atoms. The van der Waals surface area contributed by atoms with Gasteiger partial charge in [-0.3, -0.25) is 9.00 Å². The molecule has 2 atom stereocenters. The van der Waals surface area contributed by atoms with Crippen molar-refractivity contribution in [3.8, 4) is 0 Å². The van der Waals surface area contributed by atoms with Gasteiger partial charge in [0.2, 0.25) is 0 Å². The first-order valence-corrected chi connectivity index (χ1v) is 4.67. The van der Waals surface area contributed by atoms with Crippen LogP contribution in [0.15, 0.2) is 0 Å². The fourth-order valence-corrected chi connectivity index (χ4v) is 1.52. The van der Waals surface area contributed by atoms with Gasteiger partial charge in [-0.05, 0) is 12.8 Å². The summed E-state index contributed by atoms with van der Waals surface area (Å²) in [5.41, 5.74) is 0. The van der Waals surface area contributed by atoms with Gasteiger partial charge >= 0.3 is 35.5 Å². The molecule has 0 aromatic rings. The van der Waals surface area contributed by atoms with Crippen molar-refractivity contribution < 1.29 is 47.9 Å². The molecule has 6 heteroatoms. The molecule has 0 N–H and O–H groups in total. The maximum absolute atomic E-state index is 10.8. The van der Waals surface area contributed by atoms with Crippen LogP contribution in [0.2, 0.25) is 0 Å². The quantitative estimate of drug-likeness (QED) is 0.274. The first-order chi connectivity index (χ1) is 5.20. The van der Waals surface area contributed by atoms with Gasteiger partial charge in [0, 0.05) is 5.75 Å². The van der Waals surface area contributed by atoms with Gasteiger partial charge in [0.1, 0.15) is 0 Å². The average Bonchev–Trinajstić information content (AvgIpc) is 2.31. The van der Waals surface area contributed by atoms with Crippen LogP contribution >= 0.6 is 0 Å². The number of hydrogen-bond acceptors (Lipinski definition) is 4. The second-order valence-electron chi connectivity index (χ2n) is 2.45. The molecule has 1 heterocycles. The normalized spacial score (nSPS) is 24.4. The molecule has 1 rings (SSSR count). The second-order valence-corrected chi connectivity index (χ2v) is 3.47. The fourth-order valence-electron chi connectivity index (χ4n) is 1.04. The van der Waals surface area contributed by atoms with Crippen LogP contribution < -0.4 is 29.6 Å². The van der Waals surface area contributed by atoms with Crippen LogP contribution in [0.25, 0.3) is 0 Å². The van der Waals surface area contributed by atoms with Crippen molar-refractivity contribution in [2.24, 2.45) is 5.92 Å². The number of cyclic esters (lactones) is 1. The van der Waals surface area contributed by atoms with Crippen LogP contribution in [-0.2, 0) is 20.6 Å². The summed E-state index contributed by atoms with van der Waals surface area (Å²) in [6.07, 6.45) is 1.06. The third kappa shape index (κ3) is 4.00. The first-order valence-electron chi connectivity index (χ1n) is 3.42. The zero-order valence-corrected chi connectivity index (χ0v) is 9.76. The molecule has 0 aliphatic carbocycles. The van der Waals surface area contributed by atoms with E-state index in [1.165, 1.54) is 0 Å². The van der Waals surface area contributed by atoms with Crippen LogP contribution in [0.3, 0.4) is 0 Å². The Morgan fingerprint density at radius 2 is 2.33 bits per heavy atom. The zero-order valence-electron chi connectivity index (χ0n) is 6.95. The SMILES string of the molecule is O=C1OCCC1CCS(=O)[O-].[Na+]. The minimum Gasteiger partial charge on any atom is -0.772 e. The van der Waals surface area contributed by atoms with Crippen LogP contribution in [0, 0.1) is 5.92 Å². The van der Waals surface area contributed by atoms with Crippen molar-refractivity contribution >= 4 is 17.0 Å². The van der Waals surface area contributed by atoms with E-state index in [1.807, 2.05) is 0 Å². The minimum atomic E-state index is -2.03. The summed E-state index contributed by atoms with van der Waals surface area (Å²) >= 11 is -2.03. The molecule has 0 bridgehead atoms. The Hall–Kier alpha value is 0.580. The monoisotopic (exact) mass is 200 g/mol. The van der Waals surface area contributed by atoms with E-state index in [4.69, 9.17) is 0 Å². The predicted octanol–water partition coefficient (Wildman–Crippen LogP) is -3.18. The maximum atomic E-state index is 10.8. The summed E-state index contributed by atoms with van der Waals surface area (Å²) in [5.74, 6) is -0.386. The van der Waals surface area contributed by atoms with Crippen LogP contribution in [-0.4, -0.2) is 27.1 Å². The molecule has 1 aliphatic heterocycles. The Bertz CT molecular complexity index is 184. The summed E-state index contributed by atoms with van der Waals surface area (Å²) < 4.78 is 24.9. The summed E-state index contributed by atoms with van der Waals surface area (Å²) in [7, 11) is 0. The largest absolute Gasteiger partial charge is 1.00 e. The summed E-state index contributed by atoms with van der Waals surface area (Å²) in [6.45, 7) is 0.439. The molecule has 1 aliphatic rings. The molecular weight excluding hydrogens is 191 g/mol. The minimum absolute atomic E-state index is 0. The smallest absolute Gasteiger partial charge is 0.772 e. The van der Waals surface area contributed by atoms with Crippen LogP contribution in [0.4, 0.5) is 0 Å². The summed E-state index contributed by atoms with van der Waals surface area (Å²) in [6, 6.07) is 0. The molecule has 64 valence electrons. The van der Waals surface area contributed by atoms with Crippen molar-refractivity contribution in [3.63, 3.8) is 0 Å². The van der Waals surface area contributed by atoms with E-state index in [2.05, 4.69) is 4.74 Å². The van der Waals surface area contributed by atoms with Crippen molar-refractivity contribution in [3.05, 3.63) is 0 Å². The molecule has 0 aromatic carbocycles. The van der Waals surface area contributed by atoms with Gasteiger partial charge in [0.05, 0.1) is 12.5 Å². The van der Waals surface area contributed by atoms with Crippen LogP contribution in [0.1, 0.15) is 12.8 Å². The van der Waals surface area contributed by atoms with Crippen molar-refractivity contribution in [1.82, 2.24) is 0 Å². The Labute approximate surface area is 95.6 Å². The third-order valence-electron chi connectivity index (χ3n) is 1.68. The fraction of sp³-hybridized carbons (Fsp3) is 0.833. The number of hydrogen-bond donors (Lipinski definition) is 0. The predicted molar refractivity (Wildman–Crippen MR) is 37.5 cm³/mol. The van der Waals surface area contributed by atoms with Crippen molar-refractivity contribution in [1.29, 1.82) is 0 Å². The van der Waals surface area contributed by atoms with Gasteiger partial charge in [-0.2, -0.15) is 0 Å². The topological polar surface area (TPSA) is 66.4 Å². The molecule has 0 aromatic heterocycles. The molecule has 4 nitrogen and oxygen atoms in total. The Morgan fingerprint density at radius 1 is 1.67 bits per heavy atom. The van der Waals surface area contributed by atoms with Gasteiger partial charge in [-0.15, -0.1) is 0 Å². The van der Waals surface area contributed by atoms with Gasteiger partial charge in [0.25, 0.3) is 0 Å². The van der Waals surface area contributed by atoms with E-state index in [0.29, 0.717) is 19.4 Å². The van der Waals surface area contributed by atoms with E-state index < -0.39 is 11.1 Å². The average molecular weight is 200 g/mol. The molecule has 0 spiro atoms.